The van der Waals surface area contributed by atoms with Crippen molar-refractivity contribution in [3.05, 3.63) is 29.8 Å². The Labute approximate surface area is 96.3 Å². The first-order valence-corrected chi connectivity index (χ1v) is 5.77. The third kappa shape index (κ3) is 2.03. The quantitative estimate of drug-likeness (QED) is 0.792. The summed E-state index contributed by atoms with van der Waals surface area (Å²) >= 11 is 0. The lowest BCUT2D eigenvalue weighted by Gasteiger charge is -2.11. The lowest BCUT2D eigenvalue weighted by Crippen LogP contribution is -2.16. The van der Waals surface area contributed by atoms with Gasteiger partial charge in [-0.15, -0.1) is 0 Å². The van der Waals surface area contributed by atoms with Crippen LogP contribution in [0, 0.1) is 5.92 Å². The second-order valence-corrected chi connectivity index (χ2v) is 4.29. The van der Waals surface area contributed by atoms with Gasteiger partial charge < -0.3 is 10.5 Å². The third-order valence-electron chi connectivity index (χ3n) is 3.17. The van der Waals surface area contributed by atoms with Crippen molar-refractivity contribution in [3.8, 4) is 0 Å². The molecule has 0 amide bonds. The highest BCUT2D eigenvalue weighted by atomic mass is 16.5. The lowest BCUT2D eigenvalue weighted by molar-refractivity contribution is 0.282. The molecule has 0 saturated carbocycles. The summed E-state index contributed by atoms with van der Waals surface area (Å²) in [5.74, 6) is 1.26. The molecule has 0 saturated heterocycles. The molecule has 0 aliphatic carbocycles. The molecule has 1 heterocycles. The fourth-order valence-corrected chi connectivity index (χ4v) is 1.79. The van der Waals surface area contributed by atoms with E-state index in [4.69, 9.17) is 10.5 Å². The second-order valence-electron chi connectivity index (χ2n) is 4.29. The number of hydrogen-bond donors (Lipinski definition) is 1. The third-order valence-corrected chi connectivity index (χ3v) is 3.17. The first-order chi connectivity index (χ1) is 7.72. The van der Waals surface area contributed by atoms with Crippen LogP contribution in [0.5, 0.6) is 0 Å². The Hall–Kier alpha value is -1.51. The summed E-state index contributed by atoms with van der Waals surface area (Å²) in [6.07, 6.45) is 1.12. The molecule has 1 aliphatic rings. The van der Waals surface area contributed by atoms with Gasteiger partial charge in [-0.05, 0) is 18.1 Å². The van der Waals surface area contributed by atoms with Gasteiger partial charge in [-0.25, -0.2) is 4.99 Å². The number of rotatable bonds is 3. The zero-order valence-electron chi connectivity index (χ0n) is 9.81. The fourth-order valence-electron chi connectivity index (χ4n) is 1.79. The molecule has 0 radical (unpaired) electrons. The number of anilines is 1. The number of nitrogens with two attached hydrogens (primary N) is 1. The van der Waals surface area contributed by atoms with Crippen LogP contribution in [0.1, 0.15) is 25.8 Å². The number of benzene rings is 1. The maximum absolute atomic E-state index is 5.89. The maximum atomic E-state index is 5.89. The summed E-state index contributed by atoms with van der Waals surface area (Å²) in [7, 11) is 0. The predicted octanol–water partition coefficient (Wildman–Crippen LogP) is 2.46. The lowest BCUT2D eigenvalue weighted by atomic mass is 10.0. The summed E-state index contributed by atoms with van der Waals surface area (Å²) < 4.78 is 5.63. The number of aliphatic imine (C=N–C) groups is 1. The number of nitrogen functional groups attached to an aromatic ring is 1. The van der Waals surface area contributed by atoms with Crippen LogP contribution >= 0.6 is 0 Å². The minimum absolute atomic E-state index is 0.277. The first-order valence-electron chi connectivity index (χ1n) is 5.77. The van der Waals surface area contributed by atoms with Gasteiger partial charge in [0.2, 0.25) is 5.90 Å². The Morgan fingerprint density at radius 1 is 1.50 bits per heavy atom. The normalized spacial score (nSPS) is 21.4. The molecule has 16 heavy (non-hydrogen) atoms. The molecule has 1 aromatic rings. The topological polar surface area (TPSA) is 47.6 Å². The van der Waals surface area contributed by atoms with Gasteiger partial charge >= 0.3 is 0 Å². The Kier molecular flexibility index (Phi) is 3.13. The molecule has 0 fully saturated rings. The van der Waals surface area contributed by atoms with E-state index in [-0.39, 0.29) is 6.04 Å². The van der Waals surface area contributed by atoms with Crippen molar-refractivity contribution in [1.29, 1.82) is 0 Å². The Bertz CT molecular complexity index is 401. The molecule has 1 aromatic carbocycles. The molecule has 0 aromatic heterocycles. The van der Waals surface area contributed by atoms with Crippen LogP contribution in [-0.4, -0.2) is 18.5 Å². The SMILES string of the molecule is CCC(C)[C@H]1COC(c2ccccc2N)=N1. The summed E-state index contributed by atoms with van der Waals surface area (Å²) in [6.45, 7) is 5.06. The van der Waals surface area contributed by atoms with Gasteiger partial charge in [0, 0.05) is 5.69 Å². The van der Waals surface area contributed by atoms with E-state index in [1.165, 1.54) is 0 Å². The van der Waals surface area contributed by atoms with Crippen molar-refractivity contribution < 1.29 is 4.74 Å². The monoisotopic (exact) mass is 218 g/mol. The van der Waals surface area contributed by atoms with E-state index < -0.39 is 0 Å². The molecule has 3 nitrogen and oxygen atoms in total. The van der Waals surface area contributed by atoms with E-state index >= 15 is 0 Å². The Morgan fingerprint density at radius 3 is 2.94 bits per heavy atom. The number of ether oxygens (including phenoxy) is 1. The molecule has 86 valence electrons. The Balaban J connectivity index is 2.21. The van der Waals surface area contributed by atoms with E-state index in [0.29, 0.717) is 18.4 Å². The first kappa shape index (κ1) is 11.0. The van der Waals surface area contributed by atoms with Gasteiger partial charge in [0.1, 0.15) is 6.61 Å². The van der Waals surface area contributed by atoms with Crippen LogP contribution in [0.25, 0.3) is 0 Å². The highest BCUT2D eigenvalue weighted by Crippen LogP contribution is 2.22. The molecular formula is C13H18N2O. The van der Waals surface area contributed by atoms with Gasteiger partial charge in [0.05, 0.1) is 11.6 Å². The number of nitrogens with zero attached hydrogens (tertiary/aromatic N) is 1. The average Bonchev–Trinajstić information content (AvgIpc) is 2.78. The van der Waals surface area contributed by atoms with Gasteiger partial charge in [0.25, 0.3) is 0 Å². The van der Waals surface area contributed by atoms with Crippen LogP contribution < -0.4 is 5.73 Å². The van der Waals surface area contributed by atoms with E-state index in [1.807, 2.05) is 24.3 Å². The van der Waals surface area contributed by atoms with Crippen molar-refractivity contribution in [2.24, 2.45) is 10.9 Å². The van der Waals surface area contributed by atoms with Crippen molar-refractivity contribution >= 4 is 11.6 Å². The largest absolute Gasteiger partial charge is 0.475 e. The molecular weight excluding hydrogens is 200 g/mol. The van der Waals surface area contributed by atoms with E-state index in [1.54, 1.807) is 0 Å². The van der Waals surface area contributed by atoms with Crippen molar-refractivity contribution in [2.45, 2.75) is 26.3 Å². The average molecular weight is 218 g/mol. The van der Waals surface area contributed by atoms with Crippen molar-refractivity contribution in [2.75, 3.05) is 12.3 Å². The zero-order chi connectivity index (χ0) is 11.5. The summed E-state index contributed by atoms with van der Waals surface area (Å²) in [5, 5.41) is 0. The van der Waals surface area contributed by atoms with Crippen LogP contribution in [0.4, 0.5) is 5.69 Å². The van der Waals surface area contributed by atoms with E-state index in [2.05, 4.69) is 18.8 Å². The van der Waals surface area contributed by atoms with E-state index in [9.17, 15) is 0 Å². The van der Waals surface area contributed by atoms with Crippen molar-refractivity contribution in [3.63, 3.8) is 0 Å². The smallest absolute Gasteiger partial charge is 0.218 e. The number of hydrogen-bond acceptors (Lipinski definition) is 3. The van der Waals surface area contributed by atoms with Gasteiger partial charge in [-0.3, -0.25) is 0 Å². The minimum atomic E-state index is 0.277. The molecule has 3 heteroatoms. The van der Waals surface area contributed by atoms with Gasteiger partial charge in [-0.2, -0.15) is 0 Å². The molecule has 0 bridgehead atoms. The highest BCUT2D eigenvalue weighted by molar-refractivity contribution is 5.99. The van der Waals surface area contributed by atoms with E-state index in [0.717, 1.165) is 17.7 Å². The second kappa shape index (κ2) is 4.56. The standard InChI is InChI=1S/C13H18N2O/c1-3-9(2)12-8-16-13(15-12)10-6-4-5-7-11(10)14/h4-7,9,12H,3,8,14H2,1-2H3/t9?,12-/m1/s1. The Morgan fingerprint density at radius 2 is 2.25 bits per heavy atom. The highest BCUT2D eigenvalue weighted by Gasteiger charge is 2.24. The molecule has 2 rings (SSSR count). The number of para-hydroxylation sites is 1. The van der Waals surface area contributed by atoms with Gasteiger partial charge in [-0.1, -0.05) is 32.4 Å². The fraction of sp³-hybridized carbons (Fsp3) is 0.462. The molecule has 1 aliphatic heterocycles. The minimum Gasteiger partial charge on any atom is -0.475 e. The van der Waals surface area contributed by atoms with Crippen LogP contribution in [0.2, 0.25) is 0 Å². The van der Waals surface area contributed by atoms with Crippen LogP contribution in [0.3, 0.4) is 0 Å². The van der Waals surface area contributed by atoms with Crippen LogP contribution in [0.15, 0.2) is 29.3 Å². The predicted molar refractivity (Wildman–Crippen MR) is 66.6 cm³/mol. The molecule has 1 unspecified atom stereocenters. The van der Waals surface area contributed by atoms with Gasteiger partial charge in [0.15, 0.2) is 0 Å². The molecule has 0 spiro atoms. The van der Waals surface area contributed by atoms with Crippen LogP contribution in [-0.2, 0) is 4.74 Å². The summed E-state index contributed by atoms with van der Waals surface area (Å²) in [4.78, 5) is 4.60. The molecule has 2 atom stereocenters. The zero-order valence-corrected chi connectivity index (χ0v) is 9.81. The molecule has 2 N–H and O–H groups in total. The summed E-state index contributed by atoms with van der Waals surface area (Å²) in [6, 6.07) is 7.97. The van der Waals surface area contributed by atoms with Crippen molar-refractivity contribution in [1.82, 2.24) is 0 Å². The maximum Gasteiger partial charge on any atom is 0.218 e. The summed E-state index contributed by atoms with van der Waals surface area (Å²) in [5.41, 5.74) is 7.53.